The van der Waals surface area contributed by atoms with Crippen molar-refractivity contribution in [2.45, 2.75) is 0 Å². The molecule has 0 spiro atoms. The third-order valence-corrected chi connectivity index (χ3v) is 7.01. The molecule has 0 fully saturated rings. The van der Waals surface area contributed by atoms with Crippen molar-refractivity contribution in [3.8, 4) is 56.4 Å². The lowest BCUT2D eigenvalue weighted by Gasteiger charge is -2.16. The summed E-state index contributed by atoms with van der Waals surface area (Å²) in [5, 5.41) is 22.2. The Morgan fingerprint density at radius 2 is 0.773 bits per heavy atom. The maximum absolute atomic E-state index is 11.1. The van der Waals surface area contributed by atoms with Crippen molar-refractivity contribution in [1.29, 1.82) is 0 Å². The number of nitrogens with zero attached hydrogens (tertiary/aromatic N) is 2. The molecule has 0 aromatic heterocycles. The fourth-order valence-electron chi connectivity index (χ4n) is 4.81. The average molecular weight is 581 g/mol. The first kappa shape index (κ1) is 27.9. The Kier molecular flexibility index (Phi) is 7.79. The zero-order chi connectivity index (χ0) is 30.5. The lowest BCUT2D eigenvalue weighted by Crippen LogP contribution is -1.93. The van der Waals surface area contributed by atoms with E-state index in [2.05, 4.69) is 12.1 Å². The molecule has 0 aliphatic carbocycles. The summed E-state index contributed by atoms with van der Waals surface area (Å²) in [4.78, 5) is 21.3. The second-order valence-electron chi connectivity index (χ2n) is 9.86. The smallest absolute Gasteiger partial charge is 0.269 e. The zero-order valence-electron chi connectivity index (χ0n) is 23.2. The highest BCUT2D eigenvalue weighted by Gasteiger charge is 2.15. The lowest BCUT2D eigenvalue weighted by atomic mass is 9.95. The molecule has 0 radical (unpaired) electrons. The third-order valence-electron chi connectivity index (χ3n) is 7.01. The van der Waals surface area contributed by atoms with Crippen molar-refractivity contribution in [3.05, 3.63) is 166 Å². The fourth-order valence-corrected chi connectivity index (χ4v) is 4.81. The topological polar surface area (TPSA) is 105 Å². The molecule has 6 aromatic rings. The Labute approximate surface area is 252 Å². The monoisotopic (exact) mass is 580 g/mol. The summed E-state index contributed by atoms with van der Waals surface area (Å²) >= 11 is 0. The quantitative estimate of drug-likeness (QED) is 0.124. The SMILES string of the molecule is O=[N+]([O-])c1ccc(Oc2ccc(-c3ccc(Oc4ccc([N+](=O)[O-])cc4)c(-c4ccccc4)c3)cc2-c2ccccc2)cc1. The molecule has 0 N–H and O–H groups in total. The van der Waals surface area contributed by atoms with Gasteiger partial charge in [0.05, 0.1) is 9.85 Å². The Balaban J connectivity index is 1.39. The number of benzene rings is 6. The van der Waals surface area contributed by atoms with Crippen LogP contribution in [0.2, 0.25) is 0 Å². The number of non-ortho nitro benzene ring substituents is 2. The normalized spacial score (nSPS) is 10.6. The van der Waals surface area contributed by atoms with Crippen LogP contribution in [0.4, 0.5) is 11.4 Å². The van der Waals surface area contributed by atoms with Gasteiger partial charge in [0.25, 0.3) is 11.4 Å². The first-order chi connectivity index (χ1) is 21.4. The van der Waals surface area contributed by atoms with E-state index < -0.39 is 9.85 Å². The number of ether oxygens (including phenoxy) is 2. The van der Waals surface area contributed by atoms with E-state index in [1.807, 2.05) is 84.9 Å². The van der Waals surface area contributed by atoms with E-state index >= 15 is 0 Å². The van der Waals surface area contributed by atoms with Gasteiger partial charge in [-0.25, -0.2) is 0 Å². The average Bonchev–Trinajstić information content (AvgIpc) is 3.06. The van der Waals surface area contributed by atoms with E-state index in [1.165, 1.54) is 24.3 Å². The van der Waals surface area contributed by atoms with Gasteiger partial charge in [-0.05, 0) is 70.8 Å². The van der Waals surface area contributed by atoms with Crippen LogP contribution in [-0.4, -0.2) is 9.85 Å². The van der Waals surface area contributed by atoms with Crippen LogP contribution in [0.3, 0.4) is 0 Å². The van der Waals surface area contributed by atoms with Crippen molar-refractivity contribution >= 4 is 11.4 Å². The summed E-state index contributed by atoms with van der Waals surface area (Å²) in [6, 6.07) is 43.5. The summed E-state index contributed by atoms with van der Waals surface area (Å²) in [5.41, 5.74) is 5.48. The van der Waals surface area contributed by atoms with Crippen LogP contribution in [0.25, 0.3) is 33.4 Å². The molecule has 0 bridgehead atoms. The Hall–Kier alpha value is -6.28. The summed E-state index contributed by atoms with van der Waals surface area (Å²) in [7, 11) is 0. The molecule has 214 valence electrons. The standard InChI is InChI=1S/C36H24N2O6/c39-37(40)29-13-17-31(18-14-29)43-35-21-11-27(23-33(35)25-7-3-1-4-8-25)28-12-22-36(34(24-28)26-9-5-2-6-10-26)44-32-19-15-30(16-20-32)38(41)42/h1-24H. The Morgan fingerprint density at radius 3 is 1.11 bits per heavy atom. The highest BCUT2D eigenvalue weighted by atomic mass is 16.6. The lowest BCUT2D eigenvalue weighted by molar-refractivity contribution is -0.385. The Bertz CT molecular complexity index is 1800. The fraction of sp³-hybridized carbons (Fsp3) is 0. The number of hydrogen-bond acceptors (Lipinski definition) is 6. The first-order valence-corrected chi connectivity index (χ1v) is 13.7. The first-order valence-electron chi connectivity index (χ1n) is 13.7. The highest BCUT2D eigenvalue weighted by molar-refractivity contribution is 5.82. The second kappa shape index (κ2) is 12.3. The van der Waals surface area contributed by atoms with Gasteiger partial charge >= 0.3 is 0 Å². The van der Waals surface area contributed by atoms with Crippen molar-refractivity contribution in [1.82, 2.24) is 0 Å². The van der Waals surface area contributed by atoms with Crippen LogP contribution in [0.1, 0.15) is 0 Å². The maximum Gasteiger partial charge on any atom is 0.269 e. The minimum Gasteiger partial charge on any atom is -0.457 e. The second-order valence-corrected chi connectivity index (χ2v) is 9.86. The summed E-state index contributed by atoms with van der Waals surface area (Å²) in [5.74, 6) is 2.18. The highest BCUT2D eigenvalue weighted by Crippen LogP contribution is 2.41. The number of nitro groups is 2. The minimum absolute atomic E-state index is 0.00814. The van der Waals surface area contributed by atoms with E-state index in [-0.39, 0.29) is 11.4 Å². The molecule has 0 aliphatic rings. The van der Waals surface area contributed by atoms with Crippen LogP contribution in [-0.2, 0) is 0 Å². The molecule has 8 heteroatoms. The number of rotatable bonds is 9. The zero-order valence-corrected chi connectivity index (χ0v) is 23.2. The maximum atomic E-state index is 11.1. The van der Waals surface area contributed by atoms with E-state index in [0.717, 1.165) is 33.4 Å². The van der Waals surface area contributed by atoms with Crippen molar-refractivity contribution < 1.29 is 19.3 Å². The predicted octanol–water partition coefficient (Wildman–Crippen LogP) is 10.1. The molecule has 0 atom stereocenters. The van der Waals surface area contributed by atoms with Gasteiger partial charge in [-0.2, -0.15) is 0 Å². The third kappa shape index (κ3) is 6.14. The van der Waals surface area contributed by atoms with Crippen LogP contribution in [0.15, 0.2) is 146 Å². The van der Waals surface area contributed by atoms with Crippen LogP contribution >= 0.6 is 0 Å². The number of hydrogen-bond donors (Lipinski definition) is 0. The molecule has 8 nitrogen and oxygen atoms in total. The van der Waals surface area contributed by atoms with Crippen LogP contribution in [0, 0.1) is 20.2 Å². The Morgan fingerprint density at radius 1 is 0.409 bits per heavy atom. The van der Waals surface area contributed by atoms with Crippen LogP contribution < -0.4 is 9.47 Å². The molecular formula is C36H24N2O6. The van der Waals surface area contributed by atoms with Gasteiger partial charge in [-0.1, -0.05) is 72.8 Å². The summed E-state index contributed by atoms with van der Waals surface area (Å²) < 4.78 is 12.4. The van der Waals surface area contributed by atoms with Crippen molar-refractivity contribution in [2.75, 3.05) is 0 Å². The predicted molar refractivity (Wildman–Crippen MR) is 169 cm³/mol. The molecule has 0 saturated carbocycles. The molecular weight excluding hydrogens is 556 g/mol. The molecule has 0 saturated heterocycles. The van der Waals surface area contributed by atoms with Gasteiger partial charge in [0.15, 0.2) is 0 Å². The van der Waals surface area contributed by atoms with E-state index in [9.17, 15) is 20.2 Å². The molecule has 6 aromatic carbocycles. The summed E-state index contributed by atoms with van der Waals surface area (Å²) in [6.07, 6.45) is 0. The van der Waals surface area contributed by atoms with Gasteiger partial charge in [0.1, 0.15) is 23.0 Å². The van der Waals surface area contributed by atoms with Gasteiger partial charge < -0.3 is 9.47 Å². The van der Waals surface area contributed by atoms with Gasteiger partial charge in [-0.3, -0.25) is 20.2 Å². The molecule has 44 heavy (non-hydrogen) atoms. The van der Waals surface area contributed by atoms with Crippen molar-refractivity contribution in [3.63, 3.8) is 0 Å². The minimum atomic E-state index is -0.445. The molecule has 0 aliphatic heterocycles. The molecule has 0 heterocycles. The largest absolute Gasteiger partial charge is 0.457 e. The summed E-state index contributed by atoms with van der Waals surface area (Å²) in [6.45, 7) is 0. The van der Waals surface area contributed by atoms with Gasteiger partial charge in [0.2, 0.25) is 0 Å². The van der Waals surface area contributed by atoms with Gasteiger partial charge in [0, 0.05) is 35.4 Å². The molecule has 0 unspecified atom stereocenters. The van der Waals surface area contributed by atoms with Crippen LogP contribution in [0.5, 0.6) is 23.0 Å². The van der Waals surface area contributed by atoms with E-state index in [1.54, 1.807) is 24.3 Å². The molecule has 6 rings (SSSR count). The van der Waals surface area contributed by atoms with Crippen molar-refractivity contribution in [2.24, 2.45) is 0 Å². The van der Waals surface area contributed by atoms with E-state index in [0.29, 0.717) is 23.0 Å². The van der Waals surface area contributed by atoms with E-state index in [4.69, 9.17) is 9.47 Å². The number of nitro benzene ring substituents is 2. The van der Waals surface area contributed by atoms with Gasteiger partial charge in [-0.15, -0.1) is 0 Å². The molecule has 0 amide bonds.